The summed E-state index contributed by atoms with van der Waals surface area (Å²) in [6.45, 7) is 1.78. The molecule has 7 nitrogen and oxygen atoms in total. The van der Waals surface area contributed by atoms with E-state index in [4.69, 9.17) is 4.74 Å². The third-order valence-electron chi connectivity index (χ3n) is 5.42. The number of aliphatic hydroxyl groups is 1. The highest BCUT2D eigenvalue weighted by Gasteiger charge is 2.42. The van der Waals surface area contributed by atoms with Crippen molar-refractivity contribution in [2.24, 2.45) is 5.92 Å². The van der Waals surface area contributed by atoms with Gasteiger partial charge in [-0.15, -0.1) is 0 Å². The summed E-state index contributed by atoms with van der Waals surface area (Å²) in [5, 5.41) is 19.9. The molecule has 0 aromatic carbocycles. The first-order valence-electron chi connectivity index (χ1n) is 8.60. The molecule has 3 heterocycles. The van der Waals surface area contributed by atoms with E-state index in [1.807, 2.05) is 0 Å². The van der Waals surface area contributed by atoms with Gasteiger partial charge in [0, 0.05) is 13.1 Å². The minimum Gasteiger partial charge on any atom is -0.478 e. The van der Waals surface area contributed by atoms with E-state index in [9.17, 15) is 19.8 Å². The lowest BCUT2D eigenvalue weighted by atomic mass is 10.0. The van der Waals surface area contributed by atoms with Crippen molar-refractivity contribution < 1.29 is 24.5 Å². The lowest BCUT2D eigenvalue weighted by molar-refractivity contribution is 0.0397. The van der Waals surface area contributed by atoms with Crippen molar-refractivity contribution in [2.45, 2.75) is 51.0 Å². The first kappa shape index (κ1) is 15.7. The van der Waals surface area contributed by atoms with Crippen LogP contribution in [0.5, 0.6) is 0 Å². The van der Waals surface area contributed by atoms with Crippen LogP contribution in [-0.2, 0) is 17.9 Å². The van der Waals surface area contributed by atoms with Gasteiger partial charge in [-0.3, -0.25) is 4.79 Å². The SMILES string of the molecule is O=C(O)c1cc(C(=O)N2CCCC2[C@H](O)C2CC2)n2c1COCC2. The van der Waals surface area contributed by atoms with Crippen LogP contribution in [0, 0.1) is 5.92 Å². The predicted molar refractivity (Wildman–Crippen MR) is 83.8 cm³/mol. The zero-order valence-corrected chi connectivity index (χ0v) is 13.5. The Balaban J connectivity index is 1.65. The fourth-order valence-electron chi connectivity index (χ4n) is 3.99. The van der Waals surface area contributed by atoms with Crippen molar-refractivity contribution in [1.82, 2.24) is 9.47 Å². The van der Waals surface area contributed by atoms with Crippen LogP contribution in [0.1, 0.15) is 52.2 Å². The fraction of sp³-hybridized carbons (Fsp3) is 0.647. The molecule has 0 spiro atoms. The Morgan fingerprint density at radius 3 is 2.75 bits per heavy atom. The van der Waals surface area contributed by atoms with Crippen molar-refractivity contribution in [3.8, 4) is 0 Å². The fourth-order valence-corrected chi connectivity index (χ4v) is 3.99. The number of carboxylic acid groups (broad SMARTS) is 1. The summed E-state index contributed by atoms with van der Waals surface area (Å²) in [5.74, 6) is -0.903. The monoisotopic (exact) mass is 334 g/mol. The van der Waals surface area contributed by atoms with E-state index in [2.05, 4.69) is 0 Å². The molecular formula is C17H22N2O5. The van der Waals surface area contributed by atoms with Gasteiger partial charge in [0.15, 0.2) is 0 Å². The molecule has 1 aliphatic carbocycles. The molecule has 1 amide bonds. The molecule has 130 valence electrons. The summed E-state index contributed by atoms with van der Waals surface area (Å²) in [5.41, 5.74) is 1.09. The Morgan fingerprint density at radius 2 is 2.04 bits per heavy atom. The molecule has 1 saturated heterocycles. The number of rotatable bonds is 4. The number of nitrogens with zero attached hydrogens (tertiary/aromatic N) is 2. The second-order valence-electron chi connectivity index (χ2n) is 6.94. The second-order valence-corrected chi connectivity index (χ2v) is 6.94. The number of hydrogen-bond acceptors (Lipinski definition) is 4. The van der Waals surface area contributed by atoms with Crippen molar-refractivity contribution in [1.29, 1.82) is 0 Å². The molecule has 2 aliphatic heterocycles. The van der Waals surface area contributed by atoms with Gasteiger partial charge in [0.1, 0.15) is 5.69 Å². The van der Waals surface area contributed by atoms with Gasteiger partial charge < -0.3 is 24.4 Å². The number of aliphatic hydroxyl groups excluding tert-OH is 1. The van der Waals surface area contributed by atoms with Crippen LogP contribution in [0.15, 0.2) is 6.07 Å². The van der Waals surface area contributed by atoms with E-state index in [0.29, 0.717) is 37.0 Å². The molecule has 2 N–H and O–H groups in total. The number of fused-ring (bicyclic) bond motifs is 1. The lowest BCUT2D eigenvalue weighted by Crippen LogP contribution is -2.44. The Kier molecular flexibility index (Phi) is 3.85. The number of amides is 1. The maximum absolute atomic E-state index is 13.1. The minimum atomic E-state index is -1.04. The largest absolute Gasteiger partial charge is 0.478 e. The third kappa shape index (κ3) is 2.52. The smallest absolute Gasteiger partial charge is 0.337 e. The number of carboxylic acids is 1. The Hall–Kier alpha value is -1.86. The quantitative estimate of drug-likeness (QED) is 0.860. The molecule has 1 unspecified atom stereocenters. The van der Waals surface area contributed by atoms with Crippen molar-refractivity contribution in [2.75, 3.05) is 13.2 Å². The highest BCUT2D eigenvalue weighted by atomic mass is 16.5. The summed E-state index contributed by atoms with van der Waals surface area (Å²) in [6.07, 6.45) is 3.28. The second kappa shape index (κ2) is 5.89. The Labute approximate surface area is 139 Å². The summed E-state index contributed by atoms with van der Waals surface area (Å²) >= 11 is 0. The number of likely N-dealkylation sites (tertiary alicyclic amines) is 1. The average molecular weight is 334 g/mol. The van der Waals surface area contributed by atoms with Gasteiger partial charge in [0.05, 0.1) is 36.6 Å². The van der Waals surface area contributed by atoms with Gasteiger partial charge in [-0.05, 0) is 37.7 Å². The van der Waals surface area contributed by atoms with Gasteiger partial charge in [-0.25, -0.2) is 4.79 Å². The molecule has 0 radical (unpaired) electrons. The maximum atomic E-state index is 13.1. The van der Waals surface area contributed by atoms with E-state index >= 15 is 0 Å². The molecule has 0 bridgehead atoms. The van der Waals surface area contributed by atoms with Crippen molar-refractivity contribution in [3.05, 3.63) is 23.0 Å². The van der Waals surface area contributed by atoms with Crippen molar-refractivity contribution >= 4 is 11.9 Å². The molecule has 2 atom stereocenters. The molecule has 1 saturated carbocycles. The summed E-state index contributed by atoms with van der Waals surface area (Å²) < 4.78 is 7.13. The van der Waals surface area contributed by atoms with Crippen LogP contribution in [-0.4, -0.2) is 56.9 Å². The van der Waals surface area contributed by atoms with Gasteiger partial charge >= 0.3 is 5.97 Å². The first-order valence-corrected chi connectivity index (χ1v) is 8.60. The number of carbonyl (C=O) groups is 2. The van der Waals surface area contributed by atoms with Gasteiger partial charge in [0.25, 0.3) is 5.91 Å². The normalized spacial score (nSPS) is 24.7. The molecule has 3 aliphatic rings. The van der Waals surface area contributed by atoms with Crippen LogP contribution in [0.3, 0.4) is 0 Å². The third-order valence-corrected chi connectivity index (χ3v) is 5.42. The van der Waals surface area contributed by atoms with Gasteiger partial charge in [-0.2, -0.15) is 0 Å². The molecule has 1 aromatic heterocycles. The maximum Gasteiger partial charge on any atom is 0.337 e. The lowest BCUT2D eigenvalue weighted by Gasteiger charge is -2.29. The Bertz CT molecular complexity index is 679. The molecule has 2 fully saturated rings. The van der Waals surface area contributed by atoms with Gasteiger partial charge in [-0.1, -0.05) is 0 Å². The van der Waals surface area contributed by atoms with Gasteiger partial charge in [0.2, 0.25) is 0 Å². The number of ether oxygens (including phenoxy) is 1. The Morgan fingerprint density at radius 1 is 1.25 bits per heavy atom. The number of aromatic nitrogens is 1. The zero-order chi connectivity index (χ0) is 16.8. The molecule has 4 rings (SSSR count). The van der Waals surface area contributed by atoms with Crippen LogP contribution >= 0.6 is 0 Å². The summed E-state index contributed by atoms with van der Waals surface area (Å²) in [7, 11) is 0. The zero-order valence-electron chi connectivity index (χ0n) is 13.5. The van der Waals surface area contributed by atoms with Crippen LogP contribution < -0.4 is 0 Å². The molecule has 7 heteroatoms. The minimum absolute atomic E-state index is 0.136. The highest BCUT2D eigenvalue weighted by molar-refractivity contribution is 5.98. The average Bonchev–Trinajstić information content (AvgIpc) is 3.18. The van der Waals surface area contributed by atoms with E-state index in [-0.39, 0.29) is 24.1 Å². The summed E-state index contributed by atoms with van der Waals surface area (Å²) in [4.78, 5) is 26.3. The summed E-state index contributed by atoms with van der Waals surface area (Å²) in [6, 6.07) is 1.32. The predicted octanol–water partition coefficient (Wildman–Crippen LogP) is 1.09. The van der Waals surface area contributed by atoms with E-state index < -0.39 is 12.1 Å². The van der Waals surface area contributed by atoms with Crippen molar-refractivity contribution in [3.63, 3.8) is 0 Å². The highest BCUT2D eigenvalue weighted by Crippen LogP contribution is 2.38. The standard InChI is InChI=1S/C17H22N2O5/c20-15(10-3-4-10)12-2-1-5-19(12)16(21)13-8-11(17(22)23)14-9-24-7-6-18(13)14/h8,10,12,15,20H,1-7,9H2,(H,22,23)/t12?,15-/m1/s1. The van der Waals surface area contributed by atoms with Crippen LogP contribution in [0.4, 0.5) is 0 Å². The number of hydrogen-bond donors (Lipinski definition) is 2. The molecular weight excluding hydrogens is 312 g/mol. The first-order chi connectivity index (χ1) is 11.6. The number of carbonyl (C=O) groups excluding carboxylic acids is 1. The van der Waals surface area contributed by atoms with E-state index in [0.717, 1.165) is 25.7 Å². The number of aromatic carboxylic acids is 1. The molecule has 24 heavy (non-hydrogen) atoms. The van der Waals surface area contributed by atoms with Crippen LogP contribution in [0.25, 0.3) is 0 Å². The molecule has 1 aromatic rings. The topological polar surface area (TPSA) is 92.0 Å². The van der Waals surface area contributed by atoms with E-state index in [1.165, 1.54) is 6.07 Å². The van der Waals surface area contributed by atoms with E-state index in [1.54, 1.807) is 9.47 Å². The van der Waals surface area contributed by atoms with Crippen LogP contribution in [0.2, 0.25) is 0 Å².